The molecule has 0 atom stereocenters. The second-order valence-corrected chi connectivity index (χ2v) is 7.89. The normalized spacial score (nSPS) is 13.2. The Morgan fingerprint density at radius 3 is 2.52 bits per heavy atom. The number of thiazole rings is 1. The highest BCUT2D eigenvalue weighted by molar-refractivity contribution is 7.07. The van der Waals surface area contributed by atoms with Crippen LogP contribution in [-0.4, -0.2) is 24.2 Å². The molecule has 3 aromatic carbocycles. The molecular weight excluding hydrogens is 406 g/mol. The van der Waals surface area contributed by atoms with Gasteiger partial charge in [0.15, 0.2) is 11.5 Å². The van der Waals surface area contributed by atoms with Gasteiger partial charge in [0.25, 0.3) is 0 Å². The van der Waals surface area contributed by atoms with Crippen molar-refractivity contribution in [2.24, 2.45) is 10.1 Å². The second kappa shape index (κ2) is 9.02. The van der Waals surface area contributed by atoms with Gasteiger partial charge in [0, 0.05) is 17.5 Å². The molecule has 0 spiro atoms. The van der Waals surface area contributed by atoms with Gasteiger partial charge in [0.2, 0.25) is 11.6 Å². The fourth-order valence-corrected chi connectivity index (χ4v) is 4.23. The van der Waals surface area contributed by atoms with Crippen molar-refractivity contribution in [3.05, 3.63) is 100 Å². The lowest BCUT2D eigenvalue weighted by Crippen LogP contribution is -2.13. The highest BCUT2D eigenvalue weighted by Crippen LogP contribution is 2.32. The Bertz CT molecular complexity index is 1260. The van der Waals surface area contributed by atoms with E-state index in [4.69, 9.17) is 19.6 Å². The highest BCUT2D eigenvalue weighted by Gasteiger charge is 2.13. The molecule has 1 aliphatic rings. The van der Waals surface area contributed by atoms with E-state index in [0.717, 1.165) is 39.5 Å². The van der Waals surface area contributed by atoms with Crippen LogP contribution in [0.1, 0.15) is 11.1 Å². The molecule has 0 saturated heterocycles. The third-order valence-corrected chi connectivity index (χ3v) is 5.82. The predicted octanol–water partition coefficient (Wildman–Crippen LogP) is 4.97. The second-order valence-electron chi connectivity index (χ2n) is 7.06. The first kappa shape index (κ1) is 19.3. The largest absolute Gasteiger partial charge is 0.454 e. The smallest absolute Gasteiger partial charge is 0.231 e. The van der Waals surface area contributed by atoms with Crippen LogP contribution in [0.25, 0.3) is 11.3 Å². The standard InChI is InChI=1S/C25H21N3O2S/c1-3-7-19(8-4-1)13-14-26-25-28(22(17-31-25)21-9-5-2-6-10-21)27-16-20-11-12-23-24(15-20)30-18-29-23/h1-12,15-17H,13-14,18H2. The van der Waals surface area contributed by atoms with Crippen molar-refractivity contribution >= 4 is 17.6 Å². The zero-order valence-electron chi connectivity index (χ0n) is 16.8. The fraction of sp³-hybridized carbons (Fsp3) is 0.120. The number of aromatic nitrogens is 1. The fourth-order valence-electron chi connectivity index (χ4n) is 3.37. The van der Waals surface area contributed by atoms with E-state index in [2.05, 4.69) is 41.8 Å². The Kier molecular flexibility index (Phi) is 5.62. The van der Waals surface area contributed by atoms with Crippen molar-refractivity contribution < 1.29 is 9.47 Å². The summed E-state index contributed by atoms with van der Waals surface area (Å²) in [5.41, 5.74) is 4.34. The van der Waals surface area contributed by atoms with Crippen LogP contribution >= 0.6 is 11.3 Å². The minimum Gasteiger partial charge on any atom is -0.454 e. The molecule has 0 fully saturated rings. The quantitative estimate of drug-likeness (QED) is 0.408. The molecule has 0 unspecified atom stereocenters. The third-order valence-electron chi connectivity index (χ3n) is 4.96. The monoisotopic (exact) mass is 427 g/mol. The molecule has 0 aliphatic carbocycles. The minimum absolute atomic E-state index is 0.262. The maximum Gasteiger partial charge on any atom is 0.231 e. The van der Waals surface area contributed by atoms with Crippen molar-refractivity contribution in [3.8, 4) is 22.8 Å². The van der Waals surface area contributed by atoms with Crippen LogP contribution in [0.15, 0.2) is 94.3 Å². The van der Waals surface area contributed by atoms with E-state index >= 15 is 0 Å². The van der Waals surface area contributed by atoms with Gasteiger partial charge in [-0.25, -0.2) is 4.68 Å². The van der Waals surface area contributed by atoms with E-state index in [-0.39, 0.29) is 6.79 Å². The van der Waals surface area contributed by atoms with Crippen molar-refractivity contribution in [1.82, 2.24) is 4.68 Å². The molecule has 1 aliphatic heterocycles. The summed E-state index contributed by atoms with van der Waals surface area (Å²) in [6.07, 6.45) is 2.72. The summed E-state index contributed by atoms with van der Waals surface area (Å²) in [5, 5.41) is 6.88. The molecule has 0 N–H and O–H groups in total. The molecule has 0 radical (unpaired) electrons. The molecule has 6 heteroatoms. The van der Waals surface area contributed by atoms with E-state index < -0.39 is 0 Å². The van der Waals surface area contributed by atoms with Crippen LogP contribution < -0.4 is 14.3 Å². The van der Waals surface area contributed by atoms with Gasteiger partial charge < -0.3 is 9.47 Å². The summed E-state index contributed by atoms with van der Waals surface area (Å²) >= 11 is 1.60. The summed E-state index contributed by atoms with van der Waals surface area (Å²) < 4.78 is 12.8. The average Bonchev–Trinajstić information content (AvgIpc) is 3.45. The number of ether oxygens (including phenoxy) is 2. The summed E-state index contributed by atoms with van der Waals surface area (Å²) in [6.45, 7) is 0.968. The van der Waals surface area contributed by atoms with Crippen LogP contribution in [0.5, 0.6) is 11.5 Å². The Labute approximate surface area is 184 Å². The molecule has 0 bridgehead atoms. The van der Waals surface area contributed by atoms with E-state index in [1.165, 1.54) is 5.56 Å². The number of nitrogens with zero attached hydrogens (tertiary/aromatic N) is 3. The molecule has 4 aromatic rings. The molecule has 5 rings (SSSR count). The van der Waals surface area contributed by atoms with Gasteiger partial charge in [0.1, 0.15) is 0 Å². The van der Waals surface area contributed by atoms with Gasteiger partial charge in [-0.3, -0.25) is 4.99 Å². The first-order valence-corrected chi connectivity index (χ1v) is 11.0. The lowest BCUT2D eigenvalue weighted by molar-refractivity contribution is 0.174. The lowest BCUT2D eigenvalue weighted by Gasteiger charge is -2.04. The Hall–Kier alpha value is -3.64. The topological polar surface area (TPSA) is 48.1 Å². The van der Waals surface area contributed by atoms with Crippen LogP contribution in [0, 0.1) is 0 Å². The first-order valence-electron chi connectivity index (χ1n) is 10.1. The van der Waals surface area contributed by atoms with Gasteiger partial charge in [-0.15, -0.1) is 11.3 Å². The molecule has 5 nitrogen and oxygen atoms in total. The first-order chi connectivity index (χ1) is 15.4. The van der Waals surface area contributed by atoms with E-state index in [0.29, 0.717) is 6.54 Å². The molecule has 0 saturated carbocycles. The van der Waals surface area contributed by atoms with Crippen molar-refractivity contribution in [2.75, 3.05) is 13.3 Å². The number of rotatable bonds is 6. The van der Waals surface area contributed by atoms with Gasteiger partial charge in [-0.1, -0.05) is 60.7 Å². The molecular formula is C25H21N3O2S. The van der Waals surface area contributed by atoms with Crippen molar-refractivity contribution in [1.29, 1.82) is 0 Å². The number of fused-ring (bicyclic) bond motifs is 1. The Morgan fingerprint density at radius 2 is 1.68 bits per heavy atom. The minimum atomic E-state index is 0.262. The summed E-state index contributed by atoms with van der Waals surface area (Å²) in [7, 11) is 0. The average molecular weight is 428 g/mol. The van der Waals surface area contributed by atoms with Crippen LogP contribution in [0.3, 0.4) is 0 Å². The predicted molar refractivity (Wildman–Crippen MR) is 124 cm³/mol. The van der Waals surface area contributed by atoms with E-state index in [1.54, 1.807) is 11.3 Å². The Morgan fingerprint density at radius 1 is 0.903 bits per heavy atom. The van der Waals surface area contributed by atoms with Crippen molar-refractivity contribution in [3.63, 3.8) is 0 Å². The van der Waals surface area contributed by atoms with Gasteiger partial charge in [0.05, 0.1) is 11.9 Å². The van der Waals surface area contributed by atoms with Crippen LogP contribution in [-0.2, 0) is 6.42 Å². The maximum absolute atomic E-state index is 5.48. The number of benzene rings is 3. The van der Waals surface area contributed by atoms with Crippen LogP contribution in [0.4, 0.5) is 0 Å². The van der Waals surface area contributed by atoms with Gasteiger partial charge in [-0.05, 0) is 35.7 Å². The SMILES string of the molecule is C(=Nn1c(-c2ccccc2)csc1=NCCc1ccccc1)c1ccc2c(c1)OCO2. The van der Waals surface area contributed by atoms with Gasteiger partial charge >= 0.3 is 0 Å². The third kappa shape index (κ3) is 4.44. The molecule has 1 aromatic heterocycles. The van der Waals surface area contributed by atoms with E-state index in [1.807, 2.05) is 53.4 Å². The number of hydrogen-bond donors (Lipinski definition) is 0. The summed E-state index contributed by atoms with van der Waals surface area (Å²) in [4.78, 5) is 5.71. The highest BCUT2D eigenvalue weighted by atomic mass is 32.1. The Balaban J connectivity index is 1.47. The summed E-state index contributed by atoms with van der Waals surface area (Å²) in [6, 6.07) is 26.5. The molecule has 154 valence electrons. The molecule has 2 heterocycles. The van der Waals surface area contributed by atoms with Crippen LogP contribution in [0.2, 0.25) is 0 Å². The van der Waals surface area contributed by atoms with Crippen molar-refractivity contribution in [2.45, 2.75) is 6.42 Å². The van der Waals surface area contributed by atoms with E-state index in [9.17, 15) is 0 Å². The van der Waals surface area contributed by atoms with Gasteiger partial charge in [-0.2, -0.15) is 5.10 Å². The summed E-state index contributed by atoms with van der Waals surface area (Å²) in [5.74, 6) is 1.51. The molecule has 31 heavy (non-hydrogen) atoms. The lowest BCUT2D eigenvalue weighted by atomic mass is 10.2. The zero-order valence-corrected chi connectivity index (χ0v) is 17.7. The molecule has 0 amide bonds. The maximum atomic E-state index is 5.48. The number of hydrogen-bond acceptors (Lipinski definition) is 5. The zero-order chi connectivity index (χ0) is 20.9.